The molecule has 7 heteroatoms. The van der Waals surface area contributed by atoms with Crippen LogP contribution >= 0.6 is 0 Å². The second-order valence-corrected chi connectivity index (χ2v) is 6.52. The van der Waals surface area contributed by atoms with E-state index in [9.17, 15) is 14.4 Å². The van der Waals surface area contributed by atoms with E-state index in [4.69, 9.17) is 4.74 Å². The summed E-state index contributed by atoms with van der Waals surface area (Å²) in [6.07, 6.45) is 1.35. The van der Waals surface area contributed by atoms with Crippen molar-refractivity contribution < 1.29 is 19.1 Å². The largest absolute Gasteiger partial charge is 0.494 e. The van der Waals surface area contributed by atoms with Gasteiger partial charge in [-0.3, -0.25) is 14.4 Å². The minimum absolute atomic E-state index is 0.0693. The molecule has 0 aliphatic carbocycles. The molecule has 3 rings (SSSR count). The van der Waals surface area contributed by atoms with Crippen molar-refractivity contribution in [3.63, 3.8) is 0 Å². The van der Waals surface area contributed by atoms with Gasteiger partial charge in [-0.2, -0.15) is 0 Å². The lowest BCUT2D eigenvalue weighted by molar-refractivity contribution is -0.132. The van der Waals surface area contributed by atoms with Gasteiger partial charge >= 0.3 is 11.8 Å². The summed E-state index contributed by atoms with van der Waals surface area (Å²) >= 11 is 0. The Bertz CT molecular complexity index is 893. The monoisotopic (exact) mass is 381 g/mol. The van der Waals surface area contributed by atoms with E-state index in [1.54, 1.807) is 41.3 Å². The first kappa shape index (κ1) is 19.4. The van der Waals surface area contributed by atoms with E-state index >= 15 is 0 Å². The molecule has 2 aromatic carbocycles. The molecule has 0 bridgehead atoms. The Hall–Kier alpha value is -3.35. The predicted octanol–water partition coefficient (Wildman–Crippen LogP) is 3.10. The van der Waals surface area contributed by atoms with Crippen LogP contribution in [0.25, 0.3) is 0 Å². The highest BCUT2D eigenvalue weighted by Crippen LogP contribution is 2.28. The molecule has 2 N–H and O–H groups in total. The highest BCUT2D eigenvalue weighted by atomic mass is 16.5. The molecule has 1 fully saturated rings. The predicted molar refractivity (Wildman–Crippen MR) is 108 cm³/mol. The van der Waals surface area contributed by atoms with E-state index in [2.05, 4.69) is 10.6 Å². The highest BCUT2D eigenvalue weighted by molar-refractivity contribution is 6.43. The summed E-state index contributed by atoms with van der Waals surface area (Å²) in [5.41, 5.74) is 2.65. The van der Waals surface area contributed by atoms with Gasteiger partial charge in [-0.1, -0.05) is 6.07 Å². The van der Waals surface area contributed by atoms with Crippen molar-refractivity contribution in [1.29, 1.82) is 0 Å². The smallest absolute Gasteiger partial charge is 0.314 e. The van der Waals surface area contributed by atoms with Gasteiger partial charge in [0.15, 0.2) is 0 Å². The van der Waals surface area contributed by atoms with E-state index in [1.165, 1.54) is 0 Å². The molecule has 1 saturated heterocycles. The fourth-order valence-electron chi connectivity index (χ4n) is 3.06. The molecule has 1 heterocycles. The average Bonchev–Trinajstić information content (AvgIpc) is 3.10. The molecule has 146 valence electrons. The van der Waals surface area contributed by atoms with Gasteiger partial charge in [-0.05, 0) is 62.2 Å². The molecule has 3 amide bonds. The number of benzene rings is 2. The minimum Gasteiger partial charge on any atom is -0.494 e. The molecule has 0 unspecified atom stereocenters. The van der Waals surface area contributed by atoms with Crippen molar-refractivity contribution in [2.75, 3.05) is 28.7 Å². The van der Waals surface area contributed by atoms with Crippen molar-refractivity contribution in [1.82, 2.24) is 0 Å². The van der Waals surface area contributed by atoms with Crippen LogP contribution in [0.4, 0.5) is 17.1 Å². The molecule has 0 atom stereocenters. The van der Waals surface area contributed by atoms with E-state index in [1.807, 2.05) is 19.9 Å². The number of carbonyl (C=O) groups excluding carboxylic acids is 3. The third-order valence-corrected chi connectivity index (χ3v) is 4.46. The summed E-state index contributed by atoms with van der Waals surface area (Å²) in [7, 11) is 0. The highest BCUT2D eigenvalue weighted by Gasteiger charge is 2.23. The van der Waals surface area contributed by atoms with Crippen LogP contribution in [0.5, 0.6) is 5.75 Å². The molecule has 28 heavy (non-hydrogen) atoms. The van der Waals surface area contributed by atoms with Crippen LogP contribution in [0.1, 0.15) is 25.3 Å². The zero-order valence-corrected chi connectivity index (χ0v) is 16.0. The van der Waals surface area contributed by atoms with Crippen molar-refractivity contribution in [2.24, 2.45) is 0 Å². The number of carbonyl (C=O) groups is 3. The average molecular weight is 381 g/mol. The zero-order chi connectivity index (χ0) is 20.1. The van der Waals surface area contributed by atoms with Crippen LogP contribution in [-0.4, -0.2) is 30.9 Å². The number of aryl methyl sites for hydroxylation is 1. The number of anilines is 3. The third-order valence-electron chi connectivity index (χ3n) is 4.46. The van der Waals surface area contributed by atoms with Crippen LogP contribution in [0.15, 0.2) is 42.5 Å². The summed E-state index contributed by atoms with van der Waals surface area (Å²) < 4.78 is 5.34. The SMILES string of the molecule is CCOc1ccc(NC(=O)C(=O)Nc2ccc(C)c(N3CCCC3=O)c2)cc1. The number of amides is 3. The normalized spacial score (nSPS) is 13.4. The number of rotatable bonds is 5. The van der Waals surface area contributed by atoms with E-state index < -0.39 is 11.8 Å². The second kappa shape index (κ2) is 8.56. The van der Waals surface area contributed by atoms with Gasteiger partial charge in [-0.15, -0.1) is 0 Å². The molecule has 0 radical (unpaired) electrons. The van der Waals surface area contributed by atoms with Crippen LogP contribution in [-0.2, 0) is 14.4 Å². The van der Waals surface area contributed by atoms with Gasteiger partial charge < -0.3 is 20.3 Å². The first-order valence-corrected chi connectivity index (χ1v) is 9.24. The number of nitrogens with zero attached hydrogens (tertiary/aromatic N) is 1. The lowest BCUT2D eigenvalue weighted by atomic mass is 10.1. The third kappa shape index (κ3) is 4.49. The summed E-state index contributed by atoms with van der Waals surface area (Å²) in [6.45, 7) is 5.01. The number of hydrogen-bond donors (Lipinski definition) is 2. The maximum absolute atomic E-state index is 12.2. The Morgan fingerprint density at radius 3 is 2.29 bits per heavy atom. The molecule has 2 aromatic rings. The molecule has 1 aliphatic heterocycles. The van der Waals surface area contributed by atoms with Crippen LogP contribution < -0.4 is 20.3 Å². The van der Waals surface area contributed by atoms with Gasteiger partial charge in [0, 0.05) is 30.0 Å². The van der Waals surface area contributed by atoms with Crippen molar-refractivity contribution in [3.8, 4) is 5.75 Å². The maximum Gasteiger partial charge on any atom is 0.314 e. The van der Waals surface area contributed by atoms with E-state index in [0.29, 0.717) is 36.7 Å². The summed E-state index contributed by atoms with van der Waals surface area (Å²) in [5.74, 6) is -0.798. The maximum atomic E-state index is 12.2. The molecule has 7 nitrogen and oxygen atoms in total. The molecule has 0 saturated carbocycles. The van der Waals surface area contributed by atoms with Crippen LogP contribution in [0.3, 0.4) is 0 Å². The van der Waals surface area contributed by atoms with Crippen molar-refractivity contribution in [3.05, 3.63) is 48.0 Å². The fourth-order valence-corrected chi connectivity index (χ4v) is 3.06. The zero-order valence-electron chi connectivity index (χ0n) is 16.0. The van der Waals surface area contributed by atoms with Crippen molar-refractivity contribution >= 4 is 34.8 Å². The first-order valence-electron chi connectivity index (χ1n) is 9.24. The van der Waals surface area contributed by atoms with Crippen LogP contribution in [0, 0.1) is 6.92 Å². The Morgan fingerprint density at radius 2 is 1.68 bits per heavy atom. The van der Waals surface area contributed by atoms with E-state index in [-0.39, 0.29) is 5.91 Å². The topological polar surface area (TPSA) is 87.7 Å². The number of nitrogens with one attached hydrogen (secondary N) is 2. The standard InChI is InChI=1S/C21H23N3O4/c1-3-28-17-10-8-15(9-11-17)22-20(26)21(27)23-16-7-6-14(2)18(13-16)24-12-4-5-19(24)25/h6-11,13H,3-5,12H2,1-2H3,(H,22,26)(H,23,27). The summed E-state index contributed by atoms with van der Waals surface area (Å²) in [4.78, 5) is 38.1. The molecular formula is C21H23N3O4. The van der Waals surface area contributed by atoms with E-state index in [0.717, 1.165) is 17.7 Å². The van der Waals surface area contributed by atoms with Gasteiger partial charge in [0.05, 0.1) is 6.61 Å². The van der Waals surface area contributed by atoms with Gasteiger partial charge in [-0.25, -0.2) is 0 Å². The van der Waals surface area contributed by atoms with Gasteiger partial charge in [0.25, 0.3) is 0 Å². The molecule has 0 aromatic heterocycles. The minimum atomic E-state index is -0.781. The number of ether oxygens (including phenoxy) is 1. The molecule has 0 spiro atoms. The summed E-state index contributed by atoms with van der Waals surface area (Å²) in [5, 5.41) is 5.13. The Kier molecular flexibility index (Phi) is 5.93. The summed E-state index contributed by atoms with van der Waals surface area (Å²) in [6, 6.07) is 12.0. The lowest BCUT2D eigenvalue weighted by Gasteiger charge is -2.19. The molecule has 1 aliphatic rings. The Labute approximate surface area is 163 Å². The van der Waals surface area contributed by atoms with Crippen LogP contribution in [0.2, 0.25) is 0 Å². The number of hydrogen-bond acceptors (Lipinski definition) is 4. The Balaban J connectivity index is 1.65. The molecular weight excluding hydrogens is 358 g/mol. The first-order chi connectivity index (χ1) is 13.5. The van der Waals surface area contributed by atoms with Gasteiger partial charge in [0.2, 0.25) is 5.91 Å². The Morgan fingerprint density at radius 1 is 1.04 bits per heavy atom. The lowest BCUT2D eigenvalue weighted by Crippen LogP contribution is -2.29. The fraction of sp³-hybridized carbons (Fsp3) is 0.286. The van der Waals surface area contributed by atoms with Gasteiger partial charge in [0.1, 0.15) is 5.75 Å². The second-order valence-electron chi connectivity index (χ2n) is 6.52. The van der Waals surface area contributed by atoms with Crippen molar-refractivity contribution in [2.45, 2.75) is 26.7 Å². The quantitative estimate of drug-likeness (QED) is 0.779.